The third kappa shape index (κ3) is 3.52. The van der Waals surface area contributed by atoms with Crippen LogP contribution in [0, 0.1) is 21.8 Å². The van der Waals surface area contributed by atoms with Gasteiger partial charge < -0.3 is 4.74 Å². The molecular weight excluding hydrogens is 336 g/mol. The topological polar surface area (TPSA) is 45.9 Å². The fraction of sp³-hybridized carbons (Fsp3) is 0.333. The molecule has 0 saturated carbocycles. The lowest BCUT2D eigenvalue weighted by Crippen LogP contribution is -2.19. The molecule has 0 aromatic carbocycles. The zero-order chi connectivity index (χ0) is 12.3. The van der Waals surface area contributed by atoms with E-state index in [0.717, 1.165) is 0 Å². The third-order valence-electron chi connectivity index (χ3n) is 1.63. The maximum atomic E-state index is 12.1. The first-order valence-corrected chi connectivity index (χ1v) is 5.20. The summed E-state index contributed by atoms with van der Waals surface area (Å²) in [7, 11) is 0. The Morgan fingerprint density at radius 2 is 2.19 bits per heavy atom. The van der Waals surface area contributed by atoms with Gasteiger partial charge in [0.15, 0.2) is 0 Å². The maximum Gasteiger partial charge on any atom is 0.574 e. The number of aryl methyl sites for hydroxylation is 1. The first kappa shape index (κ1) is 13.0. The number of nitrogens with zero attached hydrogens (tertiary/aromatic N) is 2. The highest BCUT2D eigenvalue weighted by atomic mass is 127. The molecule has 16 heavy (non-hydrogen) atoms. The Kier molecular flexibility index (Phi) is 3.96. The lowest BCUT2D eigenvalue weighted by atomic mass is 10.2. The van der Waals surface area contributed by atoms with E-state index < -0.39 is 12.2 Å². The molecule has 0 fully saturated rings. The maximum absolute atomic E-state index is 12.1. The molecule has 0 saturated heterocycles. The Balaban J connectivity index is 3.20. The summed E-state index contributed by atoms with van der Waals surface area (Å²) in [5, 5.41) is 8.52. The van der Waals surface area contributed by atoms with Gasteiger partial charge in [0.25, 0.3) is 0 Å². The van der Waals surface area contributed by atoms with Crippen molar-refractivity contribution >= 4 is 22.6 Å². The molecule has 0 radical (unpaired) electrons. The molecule has 3 nitrogen and oxygen atoms in total. The molecular formula is C9H6F3IN2O. The van der Waals surface area contributed by atoms with Crippen LogP contribution >= 0.6 is 22.6 Å². The van der Waals surface area contributed by atoms with Crippen molar-refractivity contribution in [3.05, 3.63) is 20.9 Å². The summed E-state index contributed by atoms with van der Waals surface area (Å²) in [5.74, 6) is -0.543. The van der Waals surface area contributed by atoms with Gasteiger partial charge in [-0.3, -0.25) is 0 Å². The van der Waals surface area contributed by atoms with Crippen LogP contribution in [0.5, 0.6) is 5.88 Å². The number of pyridine rings is 1. The second-order valence-electron chi connectivity index (χ2n) is 2.91. The van der Waals surface area contributed by atoms with Crippen LogP contribution in [-0.2, 0) is 6.42 Å². The van der Waals surface area contributed by atoms with Crippen LogP contribution in [0.25, 0.3) is 0 Å². The summed E-state index contributed by atoms with van der Waals surface area (Å²) in [6, 6.07) is 3.37. The van der Waals surface area contributed by atoms with E-state index >= 15 is 0 Å². The van der Waals surface area contributed by atoms with Gasteiger partial charge in [-0.25, -0.2) is 4.98 Å². The summed E-state index contributed by atoms with van der Waals surface area (Å²) >= 11 is 1.85. The minimum atomic E-state index is -4.80. The number of ether oxygens (including phenoxy) is 1. The number of hydrogen-bond acceptors (Lipinski definition) is 3. The minimum Gasteiger partial charge on any atom is -0.387 e. The Morgan fingerprint density at radius 3 is 2.69 bits per heavy atom. The fourth-order valence-corrected chi connectivity index (χ4v) is 1.94. The van der Waals surface area contributed by atoms with E-state index in [1.807, 2.05) is 22.6 Å². The van der Waals surface area contributed by atoms with Gasteiger partial charge in [0, 0.05) is 14.8 Å². The van der Waals surface area contributed by atoms with Crippen LogP contribution in [0.1, 0.15) is 11.3 Å². The Bertz CT molecular complexity index is 440. The van der Waals surface area contributed by atoms with Crippen LogP contribution in [-0.4, -0.2) is 11.3 Å². The first-order valence-electron chi connectivity index (χ1n) is 4.12. The second kappa shape index (κ2) is 4.86. The summed E-state index contributed by atoms with van der Waals surface area (Å²) in [5.41, 5.74) is 0.566. The van der Waals surface area contributed by atoms with Gasteiger partial charge >= 0.3 is 6.36 Å². The SMILES string of the molecule is Cc1cc(I)c(CC#N)c(OC(F)(F)F)n1. The molecule has 0 unspecified atom stereocenters. The molecule has 0 atom stereocenters. The third-order valence-corrected chi connectivity index (χ3v) is 2.59. The van der Waals surface area contributed by atoms with E-state index in [0.29, 0.717) is 9.26 Å². The molecule has 1 heterocycles. The molecule has 0 aliphatic rings. The Labute approximate surface area is 103 Å². The quantitative estimate of drug-likeness (QED) is 0.777. The Morgan fingerprint density at radius 1 is 1.56 bits per heavy atom. The average molecular weight is 342 g/mol. The molecule has 0 bridgehead atoms. The van der Waals surface area contributed by atoms with E-state index in [9.17, 15) is 13.2 Å². The second-order valence-corrected chi connectivity index (χ2v) is 4.07. The number of nitriles is 1. The van der Waals surface area contributed by atoms with Crippen LogP contribution < -0.4 is 4.74 Å². The van der Waals surface area contributed by atoms with Gasteiger partial charge in [-0.2, -0.15) is 5.26 Å². The van der Waals surface area contributed by atoms with Gasteiger partial charge in [-0.15, -0.1) is 13.2 Å². The highest BCUT2D eigenvalue weighted by Gasteiger charge is 2.33. The summed E-state index contributed by atoms with van der Waals surface area (Å²) in [4.78, 5) is 3.64. The number of hydrogen-bond donors (Lipinski definition) is 0. The molecule has 0 N–H and O–H groups in total. The van der Waals surface area contributed by atoms with E-state index in [1.165, 1.54) is 0 Å². The van der Waals surface area contributed by atoms with Gasteiger partial charge in [0.05, 0.1) is 12.5 Å². The van der Waals surface area contributed by atoms with Crippen LogP contribution in [0.4, 0.5) is 13.2 Å². The summed E-state index contributed by atoms with van der Waals surface area (Å²) in [6.45, 7) is 1.56. The van der Waals surface area contributed by atoms with Gasteiger partial charge in [0.1, 0.15) is 0 Å². The summed E-state index contributed by atoms with van der Waals surface area (Å²) in [6.07, 6.45) is -4.97. The van der Waals surface area contributed by atoms with Crippen molar-refractivity contribution in [1.29, 1.82) is 5.26 Å². The first-order chi connectivity index (χ1) is 7.33. The number of alkyl halides is 3. The molecule has 0 amide bonds. The van der Waals surface area contributed by atoms with Crippen LogP contribution in [0.2, 0.25) is 0 Å². The zero-order valence-electron chi connectivity index (χ0n) is 8.10. The molecule has 1 rings (SSSR count). The van der Waals surface area contributed by atoms with Crippen molar-refractivity contribution in [1.82, 2.24) is 4.98 Å². The molecule has 0 aliphatic heterocycles. The van der Waals surface area contributed by atoms with E-state index in [1.54, 1.807) is 19.1 Å². The number of halogens is 4. The monoisotopic (exact) mass is 342 g/mol. The van der Waals surface area contributed by atoms with Crippen molar-refractivity contribution in [3.63, 3.8) is 0 Å². The number of rotatable bonds is 2. The fourth-order valence-electron chi connectivity index (χ4n) is 1.07. The largest absolute Gasteiger partial charge is 0.574 e. The lowest BCUT2D eigenvalue weighted by Gasteiger charge is -2.12. The van der Waals surface area contributed by atoms with Crippen molar-refractivity contribution in [2.45, 2.75) is 19.7 Å². The summed E-state index contributed by atoms with van der Waals surface area (Å²) < 4.78 is 40.5. The molecule has 0 spiro atoms. The molecule has 1 aromatic heterocycles. The standard InChI is InChI=1S/C9H6F3IN2O/c1-5-4-7(13)6(2-3-14)8(15-5)16-9(10,11)12/h4H,2H2,1H3. The number of aromatic nitrogens is 1. The van der Waals surface area contributed by atoms with E-state index in [4.69, 9.17) is 5.26 Å². The van der Waals surface area contributed by atoms with Crippen LogP contribution in [0.15, 0.2) is 6.07 Å². The molecule has 86 valence electrons. The van der Waals surface area contributed by atoms with Crippen molar-refractivity contribution in [3.8, 4) is 11.9 Å². The van der Waals surface area contributed by atoms with Crippen molar-refractivity contribution in [2.24, 2.45) is 0 Å². The zero-order valence-corrected chi connectivity index (χ0v) is 10.3. The molecule has 7 heteroatoms. The van der Waals surface area contributed by atoms with Crippen molar-refractivity contribution < 1.29 is 17.9 Å². The van der Waals surface area contributed by atoms with E-state index in [-0.39, 0.29) is 12.0 Å². The average Bonchev–Trinajstić information content (AvgIpc) is 2.08. The molecule has 1 aromatic rings. The smallest absolute Gasteiger partial charge is 0.387 e. The molecule has 0 aliphatic carbocycles. The van der Waals surface area contributed by atoms with E-state index in [2.05, 4.69) is 9.72 Å². The van der Waals surface area contributed by atoms with Crippen LogP contribution in [0.3, 0.4) is 0 Å². The minimum absolute atomic E-state index is 0.158. The predicted molar refractivity (Wildman–Crippen MR) is 57.7 cm³/mol. The highest BCUT2D eigenvalue weighted by molar-refractivity contribution is 14.1. The van der Waals surface area contributed by atoms with Gasteiger partial charge in [-0.05, 0) is 35.6 Å². The van der Waals surface area contributed by atoms with Gasteiger partial charge in [-0.1, -0.05) is 0 Å². The van der Waals surface area contributed by atoms with Crippen molar-refractivity contribution in [2.75, 3.05) is 0 Å². The predicted octanol–water partition coefficient (Wildman–Crippen LogP) is 2.96. The normalized spacial score (nSPS) is 11.0. The lowest BCUT2D eigenvalue weighted by molar-refractivity contribution is -0.276. The van der Waals surface area contributed by atoms with Gasteiger partial charge in [0.2, 0.25) is 5.88 Å². The Hall–Kier alpha value is -1.04. The highest BCUT2D eigenvalue weighted by Crippen LogP contribution is 2.28.